The molecule has 0 radical (unpaired) electrons. The Labute approximate surface area is 95.9 Å². The summed E-state index contributed by atoms with van der Waals surface area (Å²) in [7, 11) is -3.37. The molecule has 2 rings (SSSR count). The lowest BCUT2D eigenvalue weighted by atomic mass is 9.94. The van der Waals surface area contributed by atoms with E-state index >= 15 is 0 Å². The van der Waals surface area contributed by atoms with Crippen molar-refractivity contribution in [3.05, 3.63) is 12.3 Å². The molecule has 16 heavy (non-hydrogen) atoms. The molecule has 0 aliphatic carbocycles. The van der Waals surface area contributed by atoms with Crippen LogP contribution in [0.3, 0.4) is 0 Å². The van der Waals surface area contributed by atoms with Crippen molar-refractivity contribution in [2.75, 3.05) is 13.1 Å². The molecule has 2 unspecified atom stereocenters. The van der Waals surface area contributed by atoms with Gasteiger partial charge in [-0.25, -0.2) is 8.42 Å². The summed E-state index contributed by atoms with van der Waals surface area (Å²) in [5.41, 5.74) is 0. The van der Waals surface area contributed by atoms with Gasteiger partial charge >= 0.3 is 0 Å². The zero-order valence-corrected chi connectivity index (χ0v) is 10.4. The van der Waals surface area contributed by atoms with Gasteiger partial charge in [0.1, 0.15) is 0 Å². The molecular formula is C10H17N3O2S. The van der Waals surface area contributed by atoms with Gasteiger partial charge in [0, 0.05) is 13.1 Å². The van der Waals surface area contributed by atoms with Gasteiger partial charge in [-0.1, -0.05) is 13.8 Å². The number of aromatic amines is 1. The second kappa shape index (κ2) is 4.18. The number of H-pyrrole nitrogens is 1. The summed E-state index contributed by atoms with van der Waals surface area (Å²) in [5.74, 6) is 0.836. The molecule has 1 aromatic heterocycles. The molecule has 1 aliphatic rings. The highest BCUT2D eigenvalue weighted by atomic mass is 32.2. The van der Waals surface area contributed by atoms with Crippen LogP contribution in [0.2, 0.25) is 0 Å². The van der Waals surface area contributed by atoms with E-state index in [2.05, 4.69) is 24.0 Å². The molecule has 1 aromatic rings. The minimum atomic E-state index is -3.37. The molecule has 2 atom stereocenters. The Morgan fingerprint density at radius 3 is 2.50 bits per heavy atom. The lowest BCUT2D eigenvalue weighted by molar-refractivity contribution is 0.222. The van der Waals surface area contributed by atoms with Gasteiger partial charge in [0.15, 0.2) is 5.03 Å². The summed E-state index contributed by atoms with van der Waals surface area (Å²) in [6.45, 7) is 5.38. The Balaban J connectivity index is 2.24. The van der Waals surface area contributed by atoms with Crippen molar-refractivity contribution in [3.8, 4) is 0 Å². The third kappa shape index (κ3) is 2.12. The lowest BCUT2D eigenvalue weighted by Gasteiger charge is -2.33. The fourth-order valence-corrected chi connectivity index (χ4v) is 3.91. The number of hydrogen-bond donors (Lipinski definition) is 1. The Morgan fingerprint density at radius 1 is 1.38 bits per heavy atom. The minimum absolute atomic E-state index is 0.189. The molecule has 1 fully saturated rings. The van der Waals surface area contributed by atoms with E-state index in [0.717, 1.165) is 6.42 Å². The minimum Gasteiger partial charge on any atom is -0.266 e. The van der Waals surface area contributed by atoms with Gasteiger partial charge < -0.3 is 0 Å². The molecule has 2 heterocycles. The van der Waals surface area contributed by atoms with Crippen molar-refractivity contribution in [1.29, 1.82) is 0 Å². The van der Waals surface area contributed by atoms with Crippen molar-refractivity contribution in [2.24, 2.45) is 11.8 Å². The summed E-state index contributed by atoms with van der Waals surface area (Å²) in [6, 6.07) is 1.50. The molecule has 0 bridgehead atoms. The van der Waals surface area contributed by atoms with Crippen LogP contribution in [0.5, 0.6) is 0 Å². The highest BCUT2D eigenvalue weighted by Crippen LogP contribution is 2.25. The molecule has 5 nitrogen and oxygen atoms in total. The number of hydrogen-bond acceptors (Lipinski definition) is 3. The van der Waals surface area contributed by atoms with Crippen molar-refractivity contribution < 1.29 is 8.42 Å². The number of sulfonamides is 1. The highest BCUT2D eigenvalue weighted by molar-refractivity contribution is 7.89. The number of piperidine rings is 1. The third-order valence-electron chi connectivity index (χ3n) is 2.93. The van der Waals surface area contributed by atoms with E-state index in [-0.39, 0.29) is 5.03 Å². The van der Waals surface area contributed by atoms with E-state index in [0.29, 0.717) is 24.9 Å². The highest BCUT2D eigenvalue weighted by Gasteiger charge is 2.32. The summed E-state index contributed by atoms with van der Waals surface area (Å²) in [4.78, 5) is 0. The molecule has 6 heteroatoms. The molecule has 0 saturated carbocycles. The van der Waals surface area contributed by atoms with Crippen LogP contribution in [0.15, 0.2) is 17.3 Å². The van der Waals surface area contributed by atoms with Crippen molar-refractivity contribution in [1.82, 2.24) is 14.5 Å². The Morgan fingerprint density at radius 2 is 2.00 bits per heavy atom. The molecule has 1 aliphatic heterocycles. The van der Waals surface area contributed by atoms with Crippen LogP contribution in [-0.2, 0) is 10.0 Å². The first-order chi connectivity index (χ1) is 7.50. The normalized spacial score (nSPS) is 28.1. The van der Waals surface area contributed by atoms with Gasteiger partial charge in [-0.15, -0.1) is 0 Å². The molecule has 1 N–H and O–H groups in total. The van der Waals surface area contributed by atoms with Crippen molar-refractivity contribution in [2.45, 2.75) is 25.3 Å². The fraction of sp³-hybridized carbons (Fsp3) is 0.700. The largest absolute Gasteiger partial charge is 0.266 e. The monoisotopic (exact) mass is 243 g/mol. The molecule has 90 valence electrons. The van der Waals surface area contributed by atoms with E-state index in [1.165, 1.54) is 12.3 Å². The van der Waals surface area contributed by atoms with Crippen molar-refractivity contribution >= 4 is 10.0 Å². The topological polar surface area (TPSA) is 66.1 Å². The van der Waals surface area contributed by atoms with Gasteiger partial charge in [0.25, 0.3) is 10.0 Å². The van der Waals surface area contributed by atoms with Gasteiger partial charge in [0.05, 0.1) is 6.20 Å². The average Bonchev–Trinajstić information content (AvgIpc) is 2.69. The van der Waals surface area contributed by atoms with Crippen LogP contribution in [0.4, 0.5) is 0 Å². The molecule has 0 spiro atoms. The van der Waals surface area contributed by atoms with Crippen LogP contribution in [0.25, 0.3) is 0 Å². The predicted octanol–water partition coefficient (Wildman–Crippen LogP) is 1.08. The Hall–Kier alpha value is -0.880. The summed E-state index contributed by atoms with van der Waals surface area (Å²) >= 11 is 0. The van der Waals surface area contributed by atoms with Gasteiger partial charge in [-0.3, -0.25) is 5.10 Å². The number of nitrogens with one attached hydrogen (secondary N) is 1. The average molecular weight is 243 g/mol. The van der Waals surface area contributed by atoms with E-state index in [1.54, 1.807) is 4.31 Å². The molecular weight excluding hydrogens is 226 g/mol. The standard InChI is InChI=1S/C10H17N3O2S/c1-8-5-9(2)7-13(6-8)16(14,15)10-3-4-11-12-10/h3-4,8-9H,5-7H2,1-2H3,(H,11,12). The fourth-order valence-electron chi connectivity index (χ4n) is 2.33. The summed E-state index contributed by atoms with van der Waals surface area (Å²) in [5, 5.41) is 6.40. The summed E-state index contributed by atoms with van der Waals surface area (Å²) < 4.78 is 25.9. The lowest BCUT2D eigenvalue weighted by Crippen LogP contribution is -2.42. The summed E-state index contributed by atoms with van der Waals surface area (Å²) in [6.07, 6.45) is 2.55. The maximum Gasteiger partial charge on any atom is 0.259 e. The van der Waals surface area contributed by atoms with Crippen LogP contribution in [-0.4, -0.2) is 36.0 Å². The van der Waals surface area contributed by atoms with E-state index in [9.17, 15) is 8.42 Å². The van der Waals surface area contributed by atoms with Crippen LogP contribution in [0.1, 0.15) is 20.3 Å². The first-order valence-corrected chi connectivity index (χ1v) is 6.93. The van der Waals surface area contributed by atoms with Crippen LogP contribution < -0.4 is 0 Å². The van der Waals surface area contributed by atoms with Gasteiger partial charge in [-0.2, -0.15) is 9.40 Å². The van der Waals surface area contributed by atoms with E-state index in [4.69, 9.17) is 0 Å². The smallest absolute Gasteiger partial charge is 0.259 e. The molecule has 1 saturated heterocycles. The van der Waals surface area contributed by atoms with E-state index in [1.807, 2.05) is 0 Å². The van der Waals surface area contributed by atoms with Crippen LogP contribution >= 0.6 is 0 Å². The SMILES string of the molecule is CC1CC(C)CN(S(=O)(=O)c2ccn[nH]2)C1. The first-order valence-electron chi connectivity index (χ1n) is 5.49. The number of aromatic nitrogens is 2. The maximum atomic E-state index is 12.2. The Bertz CT molecular complexity index is 431. The van der Waals surface area contributed by atoms with Crippen LogP contribution in [0, 0.1) is 11.8 Å². The molecule has 0 amide bonds. The number of rotatable bonds is 2. The van der Waals surface area contributed by atoms with Gasteiger partial charge in [0.2, 0.25) is 0 Å². The quantitative estimate of drug-likeness (QED) is 0.845. The Kier molecular flexibility index (Phi) is 3.03. The zero-order chi connectivity index (χ0) is 11.8. The zero-order valence-electron chi connectivity index (χ0n) is 9.55. The first kappa shape index (κ1) is 11.6. The van der Waals surface area contributed by atoms with E-state index < -0.39 is 10.0 Å². The second-order valence-corrected chi connectivity index (χ2v) is 6.60. The number of nitrogens with zero attached hydrogens (tertiary/aromatic N) is 2. The maximum absolute atomic E-state index is 12.2. The van der Waals surface area contributed by atoms with Crippen molar-refractivity contribution in [3.63, 3.8) is 0 Å². The second-order valence-electron chi connectivity index (χ2n) is 4.69. The third-order valence-corrected chi connectivity index (χ3v) is 4.69. The van der Waals surface area contributed by atoms with Gasteiger partial charge in [-0.05, 0) is 24.3 Å². The predicted molar refractivity (Wildman–Crippen MR) is 60.3 cm³/mol. The molecule has 0 aromatic carbocycles.